The minimum atomic E-state index is -0.959. The van der Waals surface area contributed by atoms with Crippen LogP contribution in [0.5, 0.6) is 0 Å². The van der Waals surface area contributed by atoms with Gasteiger partial charge in [-0.1, -0.05) is 30.3 Å². The molecule has 5 nitrogen and oxygen atoms in total. The summed E-state index contributed by atoms with van der Waals surface area (Å²) < 4.78 is 0. The number of hydrogen-bond donors (Lipinski definition) is 2. The number of nitrogens with zero attached hydrogens (tertiary/aromatic N) is 1. The average molecular weight is 284 g/mol. The highest BCUT2D eigenvalue weighted by Gasteiger charge is 2.26. The summed E-state index contributed by atoms with van der Waals surface area (Å²) in [7, 11) is 0. The molecule has 2 N–H and O–H groups in total. The largest absolute Gasteiger partial charge is 0.481 e. The molecule has 21 heavy (non-hydrogen) atoms. The molecule has 2 aromatic rings. The summed E-state index contributed by atoms with van der Waals surface area (Å²) in [5.41, 5.74) is 1.21. The van der Waals surface area contributed by atoms with Crippen LogP contribution in [0.1, 0.15) is 28.9 Å². The summed E-state index contributed by atoms with van der Waals surface area (Å²) in [4.78, 5) is 27.3. The van der Waals surface area contributed by atoms with E-state index in [2.05, 4.69) is 10.3 Å². The van der Waals surface area contributed by atoms with E-state index in [0.717, 1.165) is 5.56 Å². The van der Waals surface area contributed by atoms with E-state index in [1.54, 1.807) is 31.2 Å². The van der Waals surface area contributed by atoms with Crippen LogP contribution in [0, 0.1) is 5.92 Å². The highest BCUT2D eigenvalue weighted by molar-refractivity contribution is 5.94. The standard InChI is InChI=1S/C16H16N2O3/c1-11(16(20)21)14(12-5-3-2-4-6-12)18-15(19)13-7-9-17-10-8-13/h2-11,14H,1H3,(H,18,19)(H,20,21)/t11-,14+/m0/s1. The first-order valence-electron chi connectivity index (χ1n) is 6.58. The normalized spacial score (nSPS) is 13.2. The number of amides is 1. The lowest BCUT2D eigenvalue weighted by Gasteiger charge is -2.23. The Morgan fingerprint density at radius 2 is 1.71 bits per heavy atom. The number of benzene rings is 1. The molecule has 0 fully saturated rings. The summed E-state index contributed by atoms with van der Waals surface area (Å²) in [6.07, 6.45) is 3.04. The Morgan fingerprint density at radius 1 is 1.10 bits per heavy atom. The summed E-state index contributed by atoms with van der Waals surface area (Å²) in [6, 6.07) is 11.7. The monoisotopic (exact) mass is 284 g/mol. The van der Waals surface area contributed by atoms with Crippen LogP contribution in [-0.2, 0) is 4.79 Å². The van der Waals surface area contributed by atoms with Crippen LogP contribution in [0.2, 0.25) is 0 Å². The fourth-order valence-corrected chi connectivity index (χ4v) is 2.03. The van der Waals surface area contributed by atoms with Crippen LogP contribution in [0.15, 0.2) is 54.9 Å². The third-order valence-corrected chi connectivity index (χ3v) is 3.28. The fraction of sp³-hybridized carbons (Fsp3) is 0.188. The van der Waals surface area contributed by atoms with E-state index in [4.69, 9.17) is 0 Å². The maximum absolute atomic E-state index is 12.2. The quantitative estimate of drug-likeness (QED) is 0.882. The van der Waals surface area contributed by atoms with Crippen molar-refractivity contribution in [2.24, 2.45) is 5.92 Å². The highest BCUT2D eigenvalue weighted by atomic mass is 16.4. The molecule has 0 saturated carbocycles. The molecule has 1 heterocycles. The third kappa shape index (κ3) is 3.66. The average Bonchev–Trinajstić information content (AvgIpc) is 2.53. The van der Waals surface area contributed by atoms with Crippen LogP contribution < -0.4 is 5.32 Å². The van der Waals surface area contributed by atoms with E-state index in [1.165, 1.54) is 12.4 Å². The Labute approximate surface area is 122 Å². The van der Waals surface area contributed by atoms with Gasteiger partial charge in [0.15, 0.2) is 0 Å². The van der Waals surface area contributed by atoms with Gasteiger partial charge in [-0.05, 0) is 24.6 Å². The van der Waals surface area contributed by atoms with E-state index in [1.807, 2.05) is 18.2 Å². The lowest BCUT2D eigenvalue weighted by atomic mass is 9.94. The molecule has 2 rings (SSSR count). The van der Waals surface area contributed by atoms with Gasteiger partial charge in [-0.15, -0.1) is 0 Å². The second kappa shape index (κ2) is 6.65. The van der Waals surface area contributed by atoms with Crippen molar-refractivity contribution in [3.8, 4) is 0 Å². The van der Waals surface area contributed by atoms with Crippen molar-refractivity contribution in [2.75, 3.05) is 0 Å². The number of carboxylic acid groups (broad SMARTS) is 1. The Kier molecular flexibility index (Phi) is 4.66. The molecule has 108 valence electrons. The molecule has 0 radical (unpaired) electrons. The summed E-state index contributed by atoms with van der Waals surface area (Å²) >= 11 is 0. The number of carbonyl (C=O) groups excluding carboxylic acids is 1. The van der Waals surface area contributed by atoms with Gasteiger partial charge in [0.1, 0.15) is 0 Å². The van der Waals surface area contributed by atoms with Crippen molar-refractivity contribution in [2.45, 2.75) is 13.0 Å². The van der Waals surface area contributed by atoms with Crippen LogP contribution in [0.3, 0.4) is 0 Å². The van der Waals surface area contributed by atoms with Gasteiger partial charge in [0.05, 0.1) is 12.0 Å². The van der Waals surface area contributed by atoms with Gasteiger partial charge in [-0.25, -0.2) is 0 Å². The minimum absolute atomic E-state index is 0.320. The van der Waals surface area contributed by atoms with Gasteiger partial charge >= 0.3 is 5.97 Å². The Bertz CT molecular complexity index is 614. The van der Waals surface area contributed by atoms with Crippen molar-refractivity contribution >= 4 is 11.9 Å². The number of carbonyl (C=O) groups is 2. The van der Waals surface area contributed by atoms with Gasteiger partial charge < -0.3 is 10.4 Å². The molecular weight excluding hydrogens is 268 g/mol. The summed E-state index contributed by atoms with van der Waals surface area (Å²) in [5.74, 6) is -2.02. The molecule has 1 aromatic carbocycles. The zero-order valence-corrected chi connectivity index (χ0v) is 11.6. The highest BCUT2D eigenvalue weighted by Crippen LogP contribution is 2.22. The number of hydrogen-bond acceptors (Lipinski definition) is 3. The number of nitrogens with one attached hydrogen (secondary N) is 1. The summed E-state index contributed by atoms with van der Waals surface area (Å²) in [6.45, 7) is 1.58. The fourth-order valence-electron chi connectivity index (χ4n) is 2.03. The lowest BCUT2D eigenvalue weighted by Crippen LogP contribution is -2.35. The molecular formula is C16H16N2O3. The van der Waals surface area contributed by atoms with Gasteiger partial charge in [-0.2, -0.15) is 0 Å². The van der Waals surface area contributed by atoms with Crippen molar-refractivity contribution < 1.29 is 14.7 Å². The van der Waals surface area contributed by atoms with Crippen LogP contribution in [0.25, 0.3) is 0 Å². The molecule has 1 amide bonds. The SMILES string of the molecule is C[C@H](C(=O)O)[C@@H](NC(=O)c1ccncc1)c1ccccc1. The number of pyridine rings is 1. The molecule has 0 aliphatic carbocycles. The Hall–Kier alpha value is -2.69. The predicted molar refractivity (Wildman–Crippen MR) is 77.7 cm³/mol. The molecule has 0 saturated heterocycles. The first kappa shape index (κ1) is 14.7. The van der Waals surface area contributed by atoms with Crippen molar-refractivity contribution in [1.82, 2.24) is 10.3 Å². The summed E-state index contributed by atoms with van der Waals surface area (Å²) in [5, 5.41) is 12.0. The van der Waals surface area contributed by atoms with E-state index in [0.29, 0.717) is 5.56 Å². The number of carboxylic acids is 1. The van der Waals surface area contributed by atoms with Crippen LogP contribution in [-0.4, -0.2) is 22.0 Å². The molecule has 0 spiro atoms. The maximum atomic E-state index is 12.2. The topological polar surface area (TPSA) is 79.3 Å². The Morgan fingerprint density at radius 3 is 2.29 bits per heavy atom. The van der Waals surface area contributed by atoms with E-state index >= 15 is 0 Å². The van der Waals surface area contributed by atoms with Gasteiger partial charge in [0, 0.05) is 18.0 Å². The van der Waals surface area contributed by atoms with Gasteiger partial charge in [0.25, 0.3) is 5.91 Å². The first-order valence-corrected chi connectivity index (χ1v) is 6.58. The molecule has 2 atom stereocenters. The molecule has 0 bridgehead atoms. The lowest BCUT2D eigenvalue weighted by molar-refractivity contribution is -0.142. The van der Waals surface area contributed by atoms with E-state index in [9.17, 15) is 14.7 Å². The zero-order valence-electron chi connectivity index (χ0n) is 11.6. The second-order valence-electron chi connectivity index (χ2n) is 4.72. The van der Waals surface area contributed by atoms with E-state index in [-0.39, 0.29) is 5.91 Å². The first-order chi connectivity index (χ1) is 10.1. The minimum Gasteiger partial charge on any atom is -0.481 e. The molecule has 1 aromatic heterocycles. The van der Waals surface area contributed by atoms with Gasteiger partial charge in [0.2, 0.25) is 0 Å². The van der Waals surface area contributed by atoms with Crippen LogP contribution >= 0.6 is 0 Å². The molecule has 0 aliphatic rings. The van der Waals surface area contributed by atoms with Crippen molar-refractivity contribution in [1.29, 1.82) is 0 Å². The van der Waals surface area contributed by atoms with Crippen molar-refractivity contribution in [3.05, 3.63) is 66.0 Å². The van der Waals surface area contributed by atoms with Gasteiger partial charge in [-0.3, -0.25) is 14.6 Å². The van der Waals surface area contributed by atoms with E-state index < -0.39 is 17.9 Å². The van der Waals surface area contributed by atoms with Crippen LogP contribution in [0.4, 0.5) is 0 Å². The zero-order chi connectivity index (χ0) is 15.2. The smallest absolute Gasteiger partial charge is 0.308 e. The number of aromatic nitrogens is 1. The van der Waals surface area contributed by atoms with Crippen molar-refractivity contribution in [3.63, 3.8) is 0 Å². The Balaban J connectivity index is 2.25. The predicted octanol–water partition coefficient (Wildman–Crippen LogP) is 2.27. The third-order valence-electron chi connectivity index (χ3n) is 3.28. The number of aliphatic carboxylic acids is 1. The number of rotatable bonds is 5. The molecule has 5 heteroatoms. The molecule has 0 unspecified atom stereocenters. The molecule has 0 aliphatic heterocycles. The second-order valence-corrected chi connectivity index (χ2v) is 4.72. The maximum Gasteiger partial charge on any atom is 0.308 e.